The summed E-state index contributed by atoms with van der Waals surface area (Å²) in [5.41, 5.74) is 1.39. The zero-order valence-corrected chi connectivity index (χ0v) is 12.9. The Morgan fingerprint density at radius 1 is 1.45 bits per heavy atom. The molecule has 2 unspecified atom stereocenters. The van der Waals surface area contributed by atoms with Crippen LogP contribution in [0.3, 0.4) is 0 Å². The highest BCUT2D eigenvalue weighted by Crippen LogP contribution is 2.38. The molecule has 20 heavy (non-hydrogen) atoms. The van der Waals surface area contributed by atoms with E-state index in [4.69, 9.17) is 9.47 Å². The van der Waals surface area contributed by atoms with Gasteiger partial charge in [0.1, 0.15) is 5.75 Å². The molecule has 2 fully saturated rings. The number of ether oxygens (including phenoxy) is 2. The molecule has 1 aromatic carbocycles. The number of rotatable bonds is 4. The third kappa shape index (κ3) is 3.13. The maximum absolute atomic E-state index is 6.07. The van der Waals surface area contributed by atoms with E-state index in [0.717, 1.165) is 31.7 Å². The molecule has 1 aromatic rings. The lowest BCUT2D eigenvalue weighted by atomic mass is 9.90. The van der Waals surface area contributed by atoms with Crippen LogP contribution in [0.1, 0.15) is 24.8 Å². The van der Waals surface area contributed by atoms with Gasteiger partial charge in [-0.15, -0.1) is 0 Å². The summed E-state index contributed by atoms with van der Waals surface area (Å²) in [4.78, 5) is 0. The maximum Gasteiger partial charge on any atom is 0.123 e. The predicted molar refractivity (Wildman–Crippen MR) is 83.5 cm³/mol. The minimum absolute atomic E-state index is 0.154. The third-order valence-corrected chi connectivity index (χ3v) is 5.56. The van der Waals surface area contributed by atoms with Gasteiger partial charge in [0.25, 0.3) is 0 Å². The summed E-state index contributed by atoms with van der Waals surface area (Å²) in [6.45, 7) is 1.77. The van der Waals surface area contributed by atoms with E-state index in [9.17, 15) is 0 Å². The van der Waals surface area contributed by atoms with Gasteiger partial charge < -0.3 is 14.8 Å². The number of methoxy groups -OCH3 is 1. The molecule has 0 radical (unpaired) electrons. The highest BCUT2D eigenvalue weighted by molar-refractivity contribution is 7.99. The highest BCUT2D eigenvalue weighted by Gasteiger charge is 2.40. The first-order valence-corrected chi connectivity index (χ1v) is 8.54. The summed E-state index contributed by atoms with van der Waals surface area (Å²) >= 11 is 2.03. The van der Waals surface area contributed by atoms with E-state index in [2.05, 4.69) is 17.4 Å². The molecule has 2 aliphatic rings. The van der Waals surface area contributed by atoms with E-state index in [1.165, 1.54) is 23.5 Å². The predicted octanol–water partition coefficient (Wildman–Crippen LogP) is 2.84. The van der Waals surface area contributed by atoms with E-state index >= 15 is 0 Å². The van der Waals surface area contributed by atoms with E-state index in [1.807, 2.05) is 23.9 Å². The van der Waals surface area contributed by atoms with Gasteiger partial charge in [-0.2, -0.15) is 11.8 Å². The Balaban J connectivity index is 1.58. The Hall–Kier alpha value is -0.710. The van der Waals surface area contributed by atoms with Crippen LogP contribution in [0, 0.1) is 0 Å². The molecule has 0 aliphatic carbocycles. The average Bonchev–Trinajstić information content (AvgIpc) is 2.93. The molecule has 2 aliphatic heterocycles. The topological polar surface area (TPSA) is 30.5 Å². The van der Waals surface area contributed by atoms with Crippen molar-refractivity contribution >= 4 is 11.8 Å². The number of benzene rings is 1. The fourth-order valence-electron chi connectivity index (χ4n) is 3.17. The number of para-hydroxylation sites is 1. The standard InChI is InChI=1S/C16H23NO2S/c1-18-15-5-3-2-4-13(15)11-17-14-6-8-19-16(10-14)7-9-20-12-16/h2-5,14,17H,6-12H2,1H3. The van der Waals surface area contributed by atoms with Gasteiger partial charge in [-0.05, 0) is 31.1 Å². The molecular weight excluding hydrogens is 270 g/mol. The van der Waals surface area contributed by atoms with Crippen molar-refractivity contribution in [3.05, 3.63) is 29.8 Å². The van der Waals surface area contributed by atoms with Gasteiger partial charge in [-0.1, -0.05) is 18.2 Å². The first-order chi connectivity index (χ1) is 9.81. The Kier molecular flexibility index (Phi) is 4.54. The summed E-state index contributed by atoms with van der Waals surface area (Å²) in [7, 11) is 1.73. The molecule has 4 heteroatoms. The van der Waals surface area contributed by atoms with Crippen molar-refractivity contribution in [2.75, 3.05) is 25.2 Å². The molecule has 1 N–H and O–H groups in total. The largest absolute Gasteiger partial charge is 0.496 e. The SMILES string of the molecule is COc1ccccc1CNC1CCOC2(CCSC2)C1. The molecule has 0 saturated carbocycles. The van der Waals surface area contributed by atoms with Crippen molar-refractivity contribution in [1.29, 1.82) is 0 Å². The van der Waals surface area contributed by atoms with E-state index in [0.29, 0.717) is 6.04 Å². The van der Waals surface area contributed by atoms with Crippen LogP contribution in [-0.2, 0) is 11.3 Å². The van der Waals surface area contributed by atoms with Crippen LogP contribution < -0.4 is 10.1 Å². The van der Waals surface area contributed by atoms with Crippen LogP contribution >= 0.6 is 11.8 Å². The lowest BCUT2D eigenvalue weighted by Gasteiger charge is -2.38. The second-order valence-electron chi connectivity index (χ2n) is 5.72. The summed E-state index contributed by atoms with van der Waals surface area (Å²) in [6.07, 6.45) is 3.47. The molecular formula is C16H23NO2S. The third-order valence-electron chi connectivity index (χ3n) is 4.33. The number of hydrogen-bond acceptors (Lipinski definition) is 4. The molecule has 2 saturated heterocycles. The number of nitrogens with one attached hydrogen (secondary N) is 1. The Bertz CT molecular complexity index is 446. The normalized spacial score (nSPS) is 29.8. The zero-order valence-electron chi connectivity index (χ0n) is 12.1. The van der Waals surface area contributed by atoms with Crippen LogP contribution in [0.5, 0.6) is 5.75 Å². The van der Waals surface area contributed by atoms with Crippen LogP contribution in [0.4, 0.5) is 0 Å². The van der Waals surface area contributed by atoms with E-state index in [-0.39, 0.29) is 5.60 Å². The van der Waals surface area contributed by atoms with E-state index < -0.39 is 0 Å². The van der Waals surface area contributed by atoms with Crippen molar-refractivity contribution in [2.24, 2.45) is 0 Å². The van der Waals surface area contributed by atoms with E-state index in [1.54, 1.807) is 7.11 Å². The zero-order chi connectivity index (χ0) is 13.8. The molecule has 3 rings (SSSR count). The van der Waals surface area contributed by atoms with Crippen molar-refractivity contribution in [2.45, 2.75) is 37.5 Å². The first-order valence-electron chi connectivity index (χ1n) is 7.38. The molecule has 3 nitrogen and oxygen atoms in total. The second-order valence-corrected chi connectivity index (χ2v) is 6.82. The minimum atomic E-state index is 0.154. The number of hydrogen-bond donors (Lipinski definition) is 1. The molecule has 0 bridgehead atoms. The molecule has 2 heterocycles. The van der Waals surface area contributed by atoms with Crippen LogP contribution in [-0.4, -0.2) is 36.9 Å². The summed E-state index contributed by atoms with van der Waals surface area (Å²) < 4.78 is 11.5. The Labute approximate surface area is 125 Å². The second kappa shape index (κ2) is 6.37. The van der Waals surface area contributed by atoms with Crippen LogP contribution in [0.2, 0.25) is 0 Å². The van der Waals surface area contributed by atoms with Crippen molar-refractivity contribution in [3.8, 4) is 5.75 Å². The highest BCUT2D eigenvalue weighted by atomic mass is 32.2. The van der Waals surface area contributed by atoms with Crippen molar-refractivity contribution < 1.29 is 9.47 Å². The van der Waals surface area contributed by atoms with Gasteiger partial charge in [-0.25, -0.2) is 0 Å². The smallest absolute Gasteiger partial charge is 0.123 e. The summed E-state index contributed by atoms with van der Waals surface area (Å²) in [5.74, 6) is 3.39. The molecule has 2 atom stereocenters. The van der Waals surface area contributed by atoms with Gasteiger partial charge in [-0.3, -0.25) is 0 Å². The fourth-order valence-corrected chi connectivity index (χ4v) is 4.55. The monoisotopic (exact) mass is 293 g/mol. The van der Waals surface area contributed by atoms with Crippen molar-refractivity contribution in [3.63, 3.8) is 0 Å². The Morgan fingerprint density at radius 3 is 3.15 bits per heavy atom. The quantitative estimate of drug-likeness (QED) is 0.925. The summed E-state index contributed by atoms with van der Waals surface area (Å²) in [5, 5.41) is 3.69. The van der Waals surface area contributed by atoms with Gasteiger partial charge >= 0.3 is 0 Å². The molecule has 110 valence electrons. The molecule has 1 spiro atoms. The summed E-state index contributed by atoms with van der Waals surface area (Å²) in [6, 6.07) is 8.80. The van der Waals surface area contributed by atoms with Gasteiger partial charge in [0.15, 0.2) is 0 Å². The lowest BCUT2D eigenvalue weighted by Crippen LogP contribution is -2.47. The average molecular weight is 293 g/mol. The van der Waals surface area contributed by atoms with Crippen LogP contribution in [0.25, 0.3) is 0 Å². The maximum atomic E-state index is 6.07. The molecule has 0 aromatic heterocycles. The fraction of sp³-hybridized carbons (Fsp3) is 0.625. The minimum Gasteiger partial charge on any atom is -0.496 e. The number of thioether (sulfide) groups is 1. The molecule has 0 amide bonds. The van der Waals surface area contributed by atoms with Gasteiger partial charge in [0.2, 0.25) is 0 Å². The van der Waals surface area contributed by atoms with Crippen molar-refractivity contribution in [1.82, 2.24) is 5.32 Å². The van der Waals surface area contributed by atoms with Gasteiger partial charge in [0.05, 0.1) is 12.7 Å². The van der Waals surface area contributed by atoms with Crippen LogP contribution in [0.15, 0.2) is 24.3 Å². The first kappa shape index (κ1) is 14.2. The Morgan fingerprint density at radius 2 is 2.35 bits per heavy atom. The van der Waals surface area contributed by atoms with Gasteiger partial charge in [0, 0.05) is 30.5 Å². The lowest BCUT2D eigenvalue weighted by molar-refractivity contribution is -0.0703.